The predicted octanol–water partition coefficient (Wildman–Crippen LogP) is 5.92. The first-order chi connectivity index (χ1) is 20.4. The van der Waals surface area contributed by atoms with Crippen molar-refractivity contribution in [3.8, 4) is 0 Å². The molecule has 0 radical (unpaired) electrons. The average molecular weight is 601 g/mol. The van der Waals surface area contributed by atoms with E-state index in [1.54, 1.807) is 23.9 Å². The third kappa shape index (κ3) is 4.15. The molecule has 5 aliphatic rings. The van der Waals surface area contributed by atoms with Crippen LogP contribution < -0.4 is 0 Å². The second-order valence-electron chi connectivity index (χ2n) is 13.9. The van der Waals surface area contributed by atoms with Gasteiger partial charge < -0.3 is 19.7 Å². The Hall–Kier alpha value is -2.55. The molecule has 0 aromatic heterocycles. The first-order valence-corrected chi connectivity index (χ1v) is 16.2. The third-order valence-corrected chi connectivity index (χ3v) is 12.6. The normalized spacial score (nSPS) is 41.2. The Bertz CT molecular complexity index is 1530. The van der Waals surface area contributed by atoms with E-state index in [1.165, 1.54) is 5.56 Å². The first kappa shape index (κ1) is 29.2. The molecule has 9 atom stereocenters. The Morgan fingerprint density at radius 2 is 1.72 bits per heavy atom. The third-order valence-electron chi connectivity index (χ3n) is 11.6. The summed E-state index contributed by atoms with van der Waals surface area (Å²) in [6.07, 6.45) is 6.71. The molecule has 43 heavy (non-hydrogen) atoms. The lowest BCUT2D eigenvalue weighted by molar-refractivity contribution is -0.237. The lowest BCUT2D eigenvalue weighted by Gasteiger charge is -2.60. The fraction of sp³-hybridized carbons (Fsp3) is 0.500. The van der Waals surface area contributed by atoms with Crippen LogP contribution in [0.5, 0.6) is 0 Å². The Labute approximate surface area is 257 Å². The van der Waals surface area contributed by atoms with Gasteiger partial charge in [-0.05, 0) is 87.8 Å². The summed E-state index contributed by atoms with van der Waals surface area (Å²) in [5.41, 5.74) is 0.607. The largest absolute Gasteiger partial charge is 0.393 e. The molecule has 2 aromatic carbocycles. The van der Waals surface area contributed by atoms with E-state index in [0.29, 0.717) is 12.8 Å². The Balaban J connectivity index is 1.20. The van der Waals surface area contributed by atoms with E-state index in [1.807, 2.05) is 37.3 Å². The van der Waals surface area contributed by atoms with Crippen molar-refractivity contribution in [2.75, 3.05) is 6.61 Å². The number of carbonyl (C=O) groups is 2. The summed E-state index contributed by atoms with van der Waals surface area (Å²) in [6, 6.07) is 16.5. The smallest absolute Gasteiger partial charge is 0.193 e. The highest BCUT2D eigenvalue weighted by Gasteiger charge is 2.77. The highest BCUT2D eigenvalue weighted by molar-refractivity contribution is 7.99. The fourth-order valence-electron chi connectivity index (χ4n) is 9.58. The number of hydrogen-bond donors (Lipinski definition) is 2. The second kappa shape index (κ2) is 9.98. The Kier molecular flexibility index (Phi) is 6.77. The van der Waals surface area contributed by atoms with Gasteiger partial charge in [0.05, 0.1) is 12.2 Å². The maximum atomic E-state index is 13.9. The van der Waals surface area contributed by atoms with E-state index in [-0.39, 0.29) is 29.3 Å². The molecule has 2 aromatic rings. The van der Waals surface area contributed by atoms with E-state index < -0.39 is 41.0 Å². The second-order valence-corrected chi connectivity index (χ2v) is 15.0. The molecular formula is C36H40O6S. The molecule has 4 fully saturated rings. The molecule has 4 aliphatic carbocycles. The van der Waals surface area contributed by atoms with Crippen molar-refractivity contribution in [2.45, 2.75) is 86.8 Å². The molecule has 0 spiro atoms. The van der Waals surface area contributed by atoms with Crippen LogP contribution in [0, 0.1) is 35.5 Å². The SMILES string of the molecule is Cc1ccc(Sc2ccc([C@@]3(C)O[C@@H]4C[C@H]5[C@@H]6CCC7=CC(=O)C=C[C@]7(C)[C@H]6[C@@H](O)C[C@]5(C)[C@]4(C(=O)CO)O3)cc2)cc1. The van der Waals surface area contributed by atoms with Crippen molar-refractivity contribution in [3.63, 3.8) is 0 Å². The number of benzene rings is 2. The summed E-state index contributed by atoms with van der Waals surface area (Å²) < 4.78 is 13.7. The van der Waals surface area contributed by atoms with Gasteiger partial charge in [-0.3, -0.25) is 9.59 Å². The van der Waals surface area contributed by atoms with E-state index in [0.717, 1.165) is 33.8 Å². The van der Waals surface area contributed by atoms with Gasteiger partial charge in [-0.2, -0.15) is 0 Å². The van der Waals surface area contributed by atoms with Crippen molar-refractivity contribution < 1.29 is 29.3 Å². The standard InChI is InChI=1S/C36H40O6S/c1-21-5-10-25(11-6-21)43-26-12-7-22(8-13-26)35(4)41-31-18-28-27-14-9-23-17-24(38)15-16-33(23,2)32(27)29(39)19-34(28,3)36(31,42-35)30(40)20-37/h5-8,10-13,15-17,27-29,31-32,37,39H,9,14,18-20H2,1-4H3/t27-,28-,29-,31+,32+,33-,34-,35-,36+/m0/s1. The van der Waals surface area contributed by atoms with Crippen LogP contribution in [-0.4, -0.2) is 46.2 Å². The minimum Gasteiger partial charge on any atom is -0.393 e. The number of aliphatic hydroxyl groups excluding tert-OH is 2. The fourth-order valence-corrected chi connectivity index (χ4v) is 10.4. The summed E-state index contributed by atoms with van der Waals surface area (Å²) >= 11 is 1.68. The lowest BCUT2D eigenvalue weighted by atomic mass is 9.46. The number of rotatable bonds is 5. The maximum Gasteiger partial charge on any atom is 0.193 e. The Morgan fingerprint density at radius 3 is 2.40 bits per heavy atom. The van der Waals surface area contributed by atoms with Crippen LogP contribution >= 0.6 is 11.8 Å². The van der Waals surface area contributed by atoms with Crippen LogP contribution in [0.4, 0.5) is 0 Å². The van der Waals surface area contributed by atoms with Gasteiger partial charge in [0.25, 0.3) is 0 Å². The molecular weight excluding hydrogens is 560 g/mol. The lowest BCUT2D eigenvalue weighted by Crippen LogP contribution is -2.63. The zero-order chi connectivity index (χ0) is 30.4. The topological polar surface area (TPSA) is 93.1 Å². The van der Waals surface area contributed by atoms with E-state index in [9.17, 15) is 19.8 Å². The molecule has 7 heteroatoms. The molecule has 6 nitrogen and oxygen atoms in total. The van der Waals surface area contributed by atoms with Gasteiger partial charge in [0.15, 0.2) is 23.0 Å². The van der Waals surface area contributed by atoms with Gasteiger partial charge >= 0.3 is 0 Å². The number of aliphatic hydroxyl groups is 2. The number of hydrogen-bond acceptors (Lipinski definition) is 7. The quantitative estimate of drug-likeness (QED) is 0.440. The van der Waals surface area contributed by atoms with Gasteiger partial charge in [0.1, 0.15) is 6.61 Å². The minimum absolute atomic E-state index is 0.00631. The number of aryl methyl sites for hydroxylation is 1. The number of allylic oxidation sites excluding steroid dienone is 4. The van der Waals surface area contributed by atoms with Crippen LogP contribution in [0.1, 0.15) is 57.6 Å². The Morgan fingerprint density at radius 1 is 1.05 bits per heavy atom. The van der Waals surface area contributed by atoms with Crippen molar-refractivity contribution in [2.24, 2.45) is 28.6 Å². The molecule has 1 saturated heterocycles. The van der Waals surface area contributed by atoms with Crippen LogP contribution in [0.15, 0.2) is 82.1 Å². The summed E-state index contributed by atoms with van der Waals surface area (Å²) in [5, 5.41) is 22.2. The van der Waals surface area contributed by atoms with Crippen LogP contribution in [0.3, 0.4) is 0 Å². The van der Waals surface area contributed by atoms with Crippen molar-refractivity contribution in [3.05, 3.63) is 83.5 Å². The summed E-state index contributed by atoms with van der Waals surface area (Å²) in [5.74, 6) is -1.44. The average Bonchev–Trinajstić information content (AvgIpc) is 3.42. The molecule has 0 amide bonds. The number of ketones is 2. The number of ether oxygens (including phenoxy) is 2. The van der Waals surface area contributed by atoms with Gasteiger partial charge in [-0.25, -0.2) is 0 Å². The summed E-state index contributed by atoms with van der Waals surface area (Å²) in [7, 11) is 0. The van der Waals surface area contributed by atoms with E-state index in [4.69, 9.17) is 9.47 Å². The maximum absolute atomic E-state index is 13.9. The van der Waals surface area contributed by atoms with Crippen LogP contribution in [0.2, 0.25) is 0 Å². The van der Waals surface area contributed by atoms with Crippen LogP contribution in [-0.2, 0) is 24.8 Å². The van der Waals surface area contributed by atoms with Gasteiger partial charge in [-0.1, -0.05) is 67.1 Å². The molecule has 0 bridgehead atoms. The molecule has 3 saturated carbocycles. The highest BCUT2D eigenvalue weighted by Crippen LogP contribution is 2.71. The molecule has 2 N–H and O–H groups in total. The molecule has 1 aliphatic heterocycles. The molecule has 0 unspecified atom stereocenters. The van der Waals surface area contributed by atoms with E-state index in [2.05, 4.69) is 45.0 Å². The highest BCUT2D eigenvalue weighted by atomic mass is 32.2. The predicted molar refractivity (Wildman–Crippen MR) is 163 cm³/mol. The van der Waals surface area contributed by atoms with E-state index >= 15 is 0 Å². The zero-order valence-corrected chi connectivity index (χ0v) is 26.0. The zero-order valence-electron chi connectivity index (χ0n) is 25.2. The molecule has 7 rings (SSSR count). The minimum atomic E-state index is -1.38. The molecule has 226 valence electrons. The van der Waals surface area contributed by atoms with Crippen molar-refractivity contribution >= 4 is 23.3 Å². The molecule has 1 heterocycles. The van der Waals surface area contributed by atoms with Crippen molar-refractivity contribution in [1.82, 2.24) is 0 Å². The van der Waals surface area contributed by atoms with Gasteiger partial charge in [0, 0.05) is 32.1 Å². The first-order valence-electron chi connectivity index (χ1n) is 15.4. The number of fused-ring (bicyclic) bond motifs is 7. The van der Waals surface area contributed by atoms with Crippen LogP contribution in [0.25, 0.3) is 0 Å². The van der Waals surface area contributed by atoms with Gasteiger partial charge in [-0.15, -0.1) is 0 Å². The summed E-state index contributed by atoms with van der Waals surface area (Å²) in [6.45, 7) is 7.49. The summed E-state index contributed by atoms with van der Waals surface area (Å²) in [4.78, 5) is 28.3. The number of carbonyl (C=O) groups excluding carboxylic acids is 2. The van der Waals surface area contributed by atoms with Gasteiger partial charge in [0.2, 0.25) is 0 Å². The number of Topliss-reactive ketones (excluding diaryl/α,β-unsaturated/α-hetero) is 1. The monoisotopic (exact) mass is 600 g/mol. The van der Waals surface area contributed by atoms with Crippen molar-refractivity contribution in [1.29, 1.82) is 0 Å².